The lowest BCUT2D eigenvalue weighted by Crippen LogP contribution is -2.36. The molecule has 3 aromatic carbocycles. The van der Waals surface area contributed by atoms with Crippen LogP contribution in [0.25, 0.3) is 0 Å². The van der Waals surface area contributed by atoms with Gasteiger partial charge in [-0.3, -0.25) is 4.79 Å². The van der Waals surface area contributed by atoms with E-state index in [1.54, 1.807) is 26.4 Å². The Morgan fingerprint density at radius 3 is 2.33 bits per heavy atom. The molecular weight excluding hydrogens is 509 g/mol. The number of hydrogen-bond donors (Lipinski definition) is 1. The number of dihydropyridines is 1. The van der Waals surface area contributed by atoms with Gasteiger partial charge < -0.3 is 19.5 Å². The van der Waals surface area contributed by atoms with E-state index in [9.17, 15) is 14.0 Å². The van der Waals surface area contributed by atoms with Crippen LogP contribution in [0.1, 0.15) is 48.3 Å². The van der Waals surface area contributed by atoms with Crippen LogP contribution in [0.4, 0.5) is 4.39 Å². The number of rotatable bonds is 8. The van der Waals surface area contributed by atoms with Crippen molar-refractivity contribution in [2.75, 3.05) is 20.8 Å². The maximum absolute atomic E-state index is 13.9. The molecule has 0 saturated heterocycles. The summed E-state index contributed by atoms with van der Waals surface area (Å²) < 4.78 is 30.4. The van der Waals surface area contributed by atoms with Crippen LogP contribution in [0.2, 0.25) is 0 Å². The van der Waals surface area contributed by atoms with Gasteiger partial charge in [0.1, 0.15) is 5.82 Å². The number of allylic oxidation sites excluding steroid dienone is 3. The molecule has 0 fully saturated rings. The van der Waals surface area contributed by atoms with Gasteiger partial charge in [-0.15, -0.1) is 0 Å². The zero-order chi connectivity index (χ0) is 28.2. The first kappa shape index (κ1) is 27.2. The monoisotopic (exact) mass is 541 g/mol. The third-order valence-corrected chi connectivity index (χ3v) is 7.60. The minimum absolute atomic E-state index is 0.0649. The summed E-state index contributed by atoms with van der Waals surface area (Å²) in [6.45, 7) is 2.02. The molecule has 1 aliphatic heterocycles. The van der Waals surface area contributed by atoms with Gasteiger partial charge in [-0.25, -0.2) is 9.18 Å². The van der Waals surface area contributed by atoms with Crippen molar-refractivity contribution in [3.8, 4) is 11.5 Å². The van der Waals surface area contributed by atoms with Crippen LogP contribution in [-0.4, -0.2) is 32.6 Å². The molecule has 40 heavy (non-hydrogen) atoms. The van der Waals surface area contributed by atoms with E-state index in [2.05, 4.69) is 5.32 Å². The summed E-state index contributed by atoms with van der Waals surface area (Å²) in [5, 5.41) is 3.36. The van der Waals surface area contributed by atoms with Crippen molar-refractivity contribution >= 4 is 11.8 Å². The molecule has 206 valence electrons. The van der Waals surface area contributed by atoms with Crippen LogP contribution in [-0.2, 0) is 20.7 Å². The molecule has 0 unspecified atom stereocenters. The summed E-state index contributed by atoms with van der Waals surface area (Å²) in [6, 6.07) is 21.4. The van der Waals surface area contributed by atoms with Crippen molar-refractivity contribution in [1.82, 2.24) is 5.32 Å². The first-order valence-corrected chi connectivity index (χ1v) is 13.3. The van der Waals surface area contributed by atoms with Crippen LogP contribution in [0, 0.1) is 5.82 Å². The van der Waals surface area contributed by atoms with Gasteiger partial charge in [-0.2, -0.15) is 0 Å². The molecule has 7 heteroatoms. The molecule has 0 saturated carbocycles. The maximum Gasteiger partial charge on any atom is 0.336 e. The number of benzene rings is 3. The Balaban J connectivity index is 1.46. The lowest BCUT2D eigenvalue weighted by Gasteiger charge is -2.36. The van der Waals surface area contributed by atoms with E-state index in [1.165, 1.54) is 12.1 Å². The summed E-state index contributed by atoms with van der Waals surface area (Å²) in [4.78, 5) is 27.3. The number of nitrogens with one attached hydrogen (secondary N) is 1. The topological polar surface area (TPSA) is 73.9 Å². The van der Waals surface area contributed by atoms with E-state index in [1.807, 2.05) is 55.5 Å². The van der Waals surface area contributed by atoms with Crippen LogP contribution >= 0.6 is 0 Å². The average molecular weight is 542 g/mol. The van der Waals surface area contributed by atoms with Crippen molar-refractivity contribution in [2.24, 2.45) is 0 Å². The number of ether oxygens (including phenoxy) is 3. The van der Waals surface area contributed by atoms with E-state index >= 15 is 0 Å². The quantitative estimate of drug-likeness (QED) is 0.353. The van der Waals surface area contributed by atoms with E-state index in [4.69, 9.17) is 14.2 Å². The SMILES string of the molecule is COc1ccc([C@H]2CC(=O)C3=C(C2)NC(C)=C(C(=O)OCCc2ccccc2)[C@H]3c2ccc(F)cc2)cc1OC. The third kappa shape index (κ3) is 5.50. The predicted molar refractivity (Wildman–Crippen MR) is 150 cm³/mol. The van der Waals surface area contributed by atoms with Gasteiger partial charge in [-0.05, 0) is 60.2 Å². The van der Waals surface area contributed by atoms with Gasteiger partial charge in [-0.1, -0.05) is 48.5 Å². The first-order valence-electron chi connectivity index (χ1n) is 13.3. The zero-order valence-corrected chi connectivity index (χ0v) is 22.8. The molecule has 5 rings (SSSR count). The molecule has 2 atom stereocenters. The number of carbonyl (C=O) groups is 2. The van der Waals surface area contributed by atoms with E-state index in [0.29, 0.717) is 46.7 Å². The van der Waals surface area contributed by atoms with Crippen molar-refractivity contribution < 1.29 is 28.2 Å². The van der Waals surface area contributed by atoms with Gasteiger partial charge in [0.25, 0.3) is 0 Å². The molecular formula is C33H32FNO5. The van der Waals surface area contributed by atoms with Crippen molar-refractivity contribution in [2.45, 2.75) is 38.0 Å². The Labute approximate surface area is 233 Å². The molecule has 0 aromatic heterocycles. The number of carbonyl (C=O) groups excluding carboxylic acids is 2. The summed E-state index contributed by atoms with van der Waals surface area (Å²) in [7, 11) is 3.17. The van der Waals surface area contributed by atoms with Crippen LogP contribution in [0.15, 0.2) is 95.3 Å². The Hall–Kier alpha value is -4.39. The minimum atomic E-state index is -0.653. The standard InChI is InChI=1S/C33H32FNO5/c1-20-30(33(37)40-16-15-21-7-5-4-6-8-21)31(22-9-12-25(34)13-10-22)32-26(35-20)17-24(18-27(32)36)23-11-14-28(38-2)29(19-23)39-3/h4-14,19,24,31,35H,15-18H2,1-3H3/t24-,31-/m1/s1. The molecule has 0 amide bonds. The molecule has 1 N–H and O–H groups in total. The minimum Gasteiger partial charge on any atom is -0.493 e. The molecule has 0 spiro atoms. The van der Waals surface area contributed by atoms with Crippen LogP contribution < -0.4 is 14.8 Å². The number of Topliss-reactive ketones (excluding diaryl/α,β-unsaturated/α-hetero) is 1. The van der Waals surface area contributed by atoms with Gasteiger partial charge in [0.05, 0.1) is 26.4 Å². The normalized spacial score (nSPS) is 18.6. The fourth-order valence-corrected chi connectivity index (χ4v) is 5.62. The molecule has 1 aliphatic carbocycles. The van der Waals surface area contributed by atoms with E-state index < -0.39 is 11.9 Å². The maximum atomic E-state index is 13.9. The average Bonchev–Trinajstić information content (AvgIpc) is 2.96. The zero-order valence-electron chi connectivity index (χ0n) is 22.8. The summed E-state index contributed by atoms with van der Waals surface area (Å²) in [5.74, 6) is -0.455. The van der Waals surface area contributed by atoms with Gasteiger partial charge in [0.15, 0.2) is 17.3 Å². The molecule has 6 nitrogen and oxygen atoms in total. The molecule has 2 aliphatic rings. The smallest absolute Gasteiger partial charge is 0.336 e. The van der Waals surface area contributed by atoms with Crippen molar-refractivity contribution in [3.05, 3.63) is 118 Å². The van der Waals surface area contributed by atoms with Crippen molar-refractivity contribution in [3.63, 3.8) is 0 Å². The largest absolute Gasteiger partial charge is 0.493 e. The molecule has 0 radical (unpaired) electrons. The highest BCUT2D eigenvalue weighted by molar-refractivity contribution is 6.04. The predicted octanol–water partition coefficient (Wildman–Crippen LogP) is 5.99. The van der Waals surface area contributed by atoms with Crippen LogP contribution in [0.3, 0.4) is 0 Å². The lowest BCUT2D eigenvalue weighted by molar-refractivity contribution is -0.139. The fraction of sp³-hybridized carbons (Fsp3) is 0.273. The Morgan fingerprint density at radius 1 is 0.925 bits per heavy atom. The Morgan fingerprint density at radius 2 is 1.62 bits per heavy atom. The fourth-order valence-electron chi connectivity index (χ4n) is 5.62. The van der Waals surface area contributed by atoms with Gasteiger partial charge in [0, 0.05) is 35.7 Å². The number of halogens is 1. The lowest BCUT2D eigenvalue weighted by atomic mass is 9.71. The highest BCUT2D eigenvalue weighted by Gasteiger charge is 2.41. The van der Waals surface area contributed by atoms with Gasteiger partial charge in [0.2, 0.25) is 0 Å². The Kier molecular flexibility index (Phi) is 8.01. The third-order valence-electron chi connectivity index (χ3n) is 7.60. The van der Waals surface area contributed by atoms with E-state index in [0.717, 1.165) is 16.8 Å². The summed E-state index contributed by atoms with van der Waals surface area (Å²) >= 11 is 0. The number of esters is 1. The highest BCUT2D eigenvalue weighted by atomic mass is 19.1. The van der Waals surface area contributed by atoms with E-state index in [-0.39, 0.29) is 30.5 Å². The second-order valence-corrected chi connectivity index (χ2v) is 10.1. The van der Waals surface area contributed by atoms with Gasteiger partial charge >= 0.3 is 5.97 Å². The molecule has 3 aromatic rings. The highest BCUT2D eigenvalue weighted by Crippen LogP contribution is 2.46. The van der Waals surface area contributed by atoms with Crippen molar-refractivity contribution in [1.29, 1.82) is 0 Å². The Bertz CT molecular complexity index is 1480. The number of hydrogen-bond acceptors (Lipinski definition) is 6. The number of ketones is 1. The summed E-state index contributed by atoms with van der Waals surface area (Å²) in [5.41, 5.74) is 4.99. The second kappa shape index (κ2) is 11.8. The first-order chi connectivity index (χ1) is 19.4. The molecule has 1 heterocycles. The molecule has 0 bridgehead atoms. The summed E-state index contributed by atoms with van der Waals surface area (Å²) in [6.07, 6.45) is 1.42. The second-order valence-electron chi connectivity index (χ2n) is 10.1. The van der Waals surface area contributed by atoms with Crippen LogP contribution in [0.5, 0.6) is 11.5 Å². The number of methoxy groups -OCH3 is 2.